The van der Waals surface area contributed by atoms with Gasteiger partial charge in [0.05, 0.1) is 22.4 Å². The molecule has 1 aliphatic heterocycles. The summed E-state index contributed by atoms with van der Waals surface area (Å²) in [6, 6.07) is 9.04. The number of nitro groups is 1. The molecule has 0 aromatic heterocycles. The summed E-state index contributed by atoms with van der Waals surface area (Å²) in [6.45, 7) is 5.14. The van der Waals surface area contributed by atoms with Crippen LogP contribution in [0.1, 0.15) is 42.4 Å². The lowest BCUT2D eigenvalue weighted by Gasteiger charge is -2.42. The summed E-state index contributed by atoms with van der Waals surface area (Å²) >= 11 is 0. The molecule has 0 spiro atoms. The number of rotatable bonds is 3. The van der Waals surface area contributed by atoms with Crippen molar-refractivity contribution in [2.75, 3.05) is 4.90 Å². The lowest BCUT2D eigenvalue weighted by atomic mass is 9.59. The second-order valence-corrected chi connectivity index (χ2v) is 11.0. The van der Waals surface area contributed by atoms with Gasteiger partial charge < -0.3 is 5.11 Å². The van der Waals surface area contributed by atoms with E-state index < -0.39 is 40.4 Å². The number of aryl methyl sites for hydroxylation is 2. The van der Waals surface area contributed by atoms with Crippen LogP contribution in [-0.4, -0.2) is 33.4 Å². The number of ketones is 2. The molecule has 1 saturated heterocycles. The van der Waals surface area contributed by atoms with Crippen molar-refractivity contribution in [1.82, 2.24) is 0 Å². The number of phenols is 1. The summed E-state index contributed by atoms with van der Waals surface area (Å²) in [5.41, 5.74) is 3.78. The van der Waals surface area contributed by atoms with Crippen LogP contribution in [0.5, 0.6) is 5.75 Å². The number of hydrogen-bond donors (Lipinski definition) is 1. The molecule has 4 atom stereocenters. The number of hydrogen-bond acceptors (Lipinski definition) is 7. The number of aromatic hydroxyl groups is 1. The highest BCUT2D eigenvalue weighted by Crippen LogP contribution is 2.55. The van der Waals surface area contributed by atoms with Gasteiger partial charge in [0.25, 0.3) is 5.69 Å². The first-order valence-electron chi connectivity index (χ1n) is 13.1. The molecule has 40 heavy (non-hydrogen) atoms. The molecule has 2 amide bonds. The second kappa shape index (κ2) is 8.94. The molecule has 202 valence electrons. The summed E-state index contributed by atoms with van der Waals surface area (Å²) in [4.78, 5) is 66.1. The first-order valence-corrected chi connectivity index (χ1v) is 13.1. The zero-order valence-electron chi connectivity index (χ0n) is 22.1. The van der Waals surface area contributed by atoms with Crippen LogP contribution in [0.15, 0.2) is 70.8 Å². The Labute approximate surface area is 229 Å². The van der Waals surface area contributed by atoms with E-state index in [2.05, 4.69) is 0 Å². The molecule has 9 nitrogen and oxygen atoms in total. The largest absolute Gasteiger partial charge is 0.507 e. The highest BCUT2D eigenvalue weighted by Gasteiger charge is 2.56. The monoisotopic (exact) mass is 538 g/mol. The van der Waals surface area contributed by atoms with Gasteiger partial charge in [-0.3, -0.25) is 29.3 Å². The Morgan fingerprint density at radius 2 is 1.68 bits per heavy atom. The third kappa shape index (κ3) is 3.61. The Bertz CT molecular complexity index is 1650. The first kappa shape index (κ1) is 25.6. The third-order valence-corrected chi connectivity index (χ3v) is 8.71. The molecule has 0 bridgehead atoms. The minimum absolute atomic E-state index is 0.139. The van der Waals surface area contributed by atoms with Gasteiger partial charge in [0.2, 0.25) is 11.8 Å². The summed E-state index contributed by atoms with van der Waals surface area (Å²) in [5.74, 6) is -3.84. The van der Waals surface area contributed by atoms with Crippen LogP contribution in [0.2, 0.25) is 0 Å². The van der Waals surface area contributed by atoms with Gasteiger partial charge in [-0.1, -0.05) is 29.8 Å². The van der Waals surface area contributed by atoms with Gasteiger partial charge in [0, 0.05) is 34.8 Å². The number of non-ortho nitro benzene ring substituents is 1. The topological polar surface area (TPSA) is 135 Å². The molecular formula is C31H26N2O7. The van der Waals surface area contributed by atoms with E-state index in [9.17, 15) is 34.4 Å². The molecule has 0 radical (unpaired) electrons. The van der Waals surface area contributed by atoms with Crippen molar-refractivity contribution >= 4 is 34.8 Å². The van der Waals surface area contributed by atoms with E-state index in [-0.39, 0.29) is 41.5 Å². The molecule has 2 aromatic carbocycles. The van der Waals surface area contributed by atoms with E-state index in [0.717, 1.165) is 16.0 Å². The minimum Gasteiger partial charge on any atom is -0.507 e. The van der Waals surface area contributed by atoms with Gasteiger partial charge in [-0.15, -0.1) is 0 Å². The fourth-order valence-electron chi connectivity index (χ4n) is 6.90. The fraction of sp³-hybridized carbons (Fsp3) is 0.290. The molecule has 2 aromatic rings. The van der Waals surface area contributed by atoms with Gasteiger partial charge >= 0.3 is 0 Å². The van der Waals surface area contributed by atoms with E-state index in [1.165, 1.54) is 30.3 Å². The van der Waals surface area contributed by atoms with Crippen molar-refractivity contribution in [3.63, 3.8) is 0 Å². The van der Waals surface area contributed by atoms with Crippen molar-refractivity contribution in [2.45, 2.75) is 39.5 Å². The molecule has 4 aliphatic rings. The van der Waals surface area contributed by atoms with Crippen LogP contribution in [0.25, 0.3) is 0 Å². The number of allylic oxidation sites excluding steroid dienone is 6. The van der Waals surface area contributed by atoms with E-state index in [1.807, 2.05) is 6.08 Å². The zero-order valence-corrected chi connectivity index (χ0v) is 22.1. The average molecular weight is 539 g/mol. The summed E-state index contributed by atoms with van der Waals surface area (Å²) in [6.07, 6.45) is 3.66. The maximum absolute atomic E-state index is 13.9. The minimum atomic E-state index is -0.780. The van der Waals surface area contributed by atoms with Gasteiger partial charge in [-0.05, 0) is 68.4 Å². The maximum atomic E-state index is 13.9. The molecule has 1 fully saturated rings. The van der Waals surface area contributed by atoms with Crippen molar-refractivity contribution in [1.29, 1.82) is 0 Å². The molecule has 3 aliphatic carbocycles. The number of imide groups is 1. The highest BCUT2D eigenvalue weighted by atomic mass is 16.6. The number of benzene rings is 2. The molecule has 6 rings (SSSR count). The molecular weight excluding hydrogens is 512 g/mol. The van der Waals surface area contributed by atoms with E-state index in [1.54, 1.807) is 32.9 Å². The van der Waals surface area contributed by atoms with Gasteiger partial charge in [0.1, 0.15) is 5.75 Å². The lowest BCUT2D eigenvalue weighted by molar-refractivity contribution is -0.384. The summed E-state index contributed by atoms with van der Waals surface area (Å²) in [7, 11) is 0. The van der Waals surface area contributed by atoms with Crippen LogP contribution >= 0.6 is 0 Å². The SMILES string of the molecule is CC1=CC(=O)C2=C(C1=O)[C@@H](c1cc(C)c(O)c(C)c1)C1=CC[C@@H]3C(=O)N(c4cccc([N+](=O)[O-])c4)C(=O)[C@@H]3[C@@H]1C2. The van der Waals surface area contributed by atoms with Crippen LogP contribution in [-0.2, 0) is 19.2 Å². The second-order valence-electron chi connectivity index (χ2n) is 11.0. The number of carbonyl (C=O) groups is 4. The standard InChI is InChI=1S/C31H26N2O7/c1-14-9-17(10-15(2)28(14)35)25-20-7-8-21-26(22(20)13-23-24(34)11-16(3)29(36)27(23)25)31(38)32(30(21)37)18-5-4-6-19(12-18)33(39)40/h4-7,9-12,21-22,25-26,35H,8,13H2,1-3H3/t21-,22+,25-,26-/m0/s1. The van der Waals surface area contributed by atoms with Crippen LogP contribution in [0, 0.1) is 41.7 Å². The Balaban J connectivity index is 1.49. The van der Waals surface area contributed by atoms with E-state index >= 15 is 0 Å². The van der Waals surface area contributed by atoms with Crippen molar-refractivity contribution < 1.29 is 29.2 Å². The maximum Gasteiger partial charge on any atom is 0.271 e. The number of phenolic OH excluding ortho intramolecular Hbond substituents is 1. The Morgan fingerprint density at radius 3 is 2.35 bits per heavy atom. The number of fused-ring (bicyclic) bond motifs is 3. The number of Topliss-reactive ketones (excluding diaryl/α,β-unsaturated/α-hetero) is 1. The van der Waals surface area contributed by atoms with Gasteiger partial charge in [0.15, 0.2) is 11.6 Å². The van der Waals surface area contributed by atoms with E-state index in [0.29, 0.717) is 27.8 Å². The highest BCUT2D eigenvalue weighted by molar-refractivity contribution is 6.25. The molecule has 9 heteroatoms. The van der Waals surface area contributed by atoms with Crippen LogP contribution in [0.4, 0.5) is 11.4 Å². The van der Waals surface area contributed by atoms with Gasteiger partial charge in [-0.2, -0.15) is 0 Å². The number of nitrogens with zero attached hydrogens (tertiary/aromatic N) is 2. The molecule has 1 heterocycles. The Morgan fingerprint density at radius 1 is 0.975 bits per heavy atom. The zero-order chi connectivity index (χ0) is 28.6. The van der Waals surface area contributed by atoms with Crippen molar-refractivity contribution in [2.24, 2.45) is 17.8 Å². The average Bonchev–Trinajstić information content (AvgIpc) is 3.18. The third-order valence-electron chi connectivity index (χ3n) is 8.71. The fourth-order valence-corrected chi connectivity index (χ4v) is 6.90. The summed E-state index contributed by atoms with van der Waals surface area (Å²) < 4.78 is 0. The molecule has 1 N–H and O–H groups in total. The first-order chi connectivity index (χ1) is 19.0. The van der Waals surface area contributed by atoms with E-state index in [4.69, 9.17) is 0 Å². The molecule has 0 unspecified atom stereocenters. The van der Waals surface area contributed by atoms with Gasteiger partial charge in [-0.25, -0.2) is 4.90 Å². The number of carbonyl (C=O) groups excluding carboxylic acids is 4. The lowest BCUT2D eigenvalue weighted by Crippen LogP contribution is -2.39. The van der Waals surface area contributed by atoms with Crippen molar-refractivity contribution in [3.05, 3.63) is 97.6 Å². The predicted molar refractivity (Wildman–Crippen MR) is 144 cm³/mol. The quantitative estimate of drug-likeness (QED) is 0.199. The van der Waals surface area contributed by atoms with Crippen LogP contribution in [0.3, 0.4) is 0 Å². The number of anilines is 1. The summed E-state index contributed by atoms with van der Waals surface area (Å²) in [5, 5.41) is 21.8. The molecule has 0 saturated carbocycles. The smallest absolute Gasteiger partial charge is 0.271 e. The number of nitro benzene ring substituents is 1. The van der Waals surface area contributed by atoms with Crippen molar-refractivity contribution in [3.8, 4) is 5.75 Å². The normalized spacial score (nSPS) is 25.8. The van der Waals surface area contributed by atoms with Crippen LogP contribution < -0.4 is 4.90 Å². The Kier molecular flexibility index (Phi) is 5.72. The Hall–Kier alpha value is -4.66. The predicted octanol–water partition coefficient (Wildman–Crippen LogP) is 4.55. The number of amides is 2.